The van der Waals surface area contributed by atoms with E-state index < -0.39 is 0 Å². The summed E-state index contributed by atoms with van der Waals surface area (Å²) in [5, 5.41) is 0. The van der Waals surface area contributed by atoms with Gasteiger partial charge in [0.05, 0.1) is 0 Å². The number of ether oxygens (including phenoxy) is 1. The summed E-state index contributed by atoms with van der Waals surface area (Å²) in [6.07, 6.45) is 6.96. The predicted molar refractivity (Wildman–Crippen MR) is 104 cm³/mol. The molecule has 0 N–H and O–H groups in total. The van der Waals surface area contributed by atoms with Gasteiger partial charge in [-0.25, -0.2) is 4.98 Å². The number of piperidine rings is 2. The van der Waals surface area contributed by atoms with E-state index in [4.69, 9.17) is 4.74 Å². The molecule has 146 valence electrons. The Kier molecular flexibility index (Phi) is 4.93. The lowest BCUT2D eigenvalue weighted by Gasteiger charge is -2.47. The molecule has 0 unspecified atom stereocenters. The highest BCUT2D eigenvalue weighted by atomic mass is 16.5. The van der Waals surface area contributed by atoms with E-state index in [9.17, 15) is 4.79 Å². The van der Waals surface area contributed by atoms with Crippen LogP contribution in [0, 0.1) is 19.3 Å². The Bertz CT molecular complexity index is 740. The van der Waals surface area contributed by atoms with Gasteiger partial charge in [-0.15, -0.1) is 6.58 Å². The van der Waals surface area contributed by atoms with Gasteiger partial charge in [-0.05, 0) is 51.6 Å². The van der Waals surface area contributed by atoms with Crippen molar-refractivity contribution in [3.8, 4) is 5.88 Å². The van der Waals surface area contributed by atoms with Crippen molar-refractivity contribution in [3.05, 3.63) is 29.7 Å². The summed E-state index contributed by atoms with van der Waals surface area (Å²) in [6.45, 7) is 12.4. The van der Waals surface area contributed by atoms with E-state index in [0.29, 0.717) is 18.4 Å². The van der Waals surface area contributed by atoms with Gasteiger partial charge < -0.3 is 9.64 Å². The average Bonchev–Trinajstić information content (AvgIpc) is 3.03. The maximum atomic E-state index is 12.1. The summed E-state index contributed by atoms with van der Waals surface area (Å²) < 4.78 is 6.11. The minimum absolute atomic E-state index is 0.175. The highest BCUT2D eigenvalue weighted by Gasteiger charge is 2.41. The molecule has 4 rings (SSSR count). The lowest BCUT2D eigenvalue weighted by molar-refractivity contribution is -0.138. The average molecular weight is 370 g/mol. The summed E-state index contributed by atoms with van der Waals surface area (Å²) in [5.74, 6) is 1.85. The van der Waals surface area contributed by atoms with Gasteiger partial charge in [-0.2, -0.15) is 4.98 Å². The van der Waals surface area contributed by atoms with Crippen molar-refractivity contribution < 1.29 is 9.53 Å². The van der Waals surface area contributed by atoms with Crippen molar-refractivity contribution in [1.29, 1.82) is 0 Å². The van der Waals surface area contributed by atoms with Crippen LogP contribution in [0.3, 0.4) is 0 Å². The van der Waals surface area contributed by atoms with Crippen molar-refractivity contribution in [2.75, 3.05) is 32.7 Å². The highest BCUT2D eigenvalue weighted by molar-refractivity contribution is 5.77. The number of nitrogens with zero attached hydrogens (tertiary/aromatic N) is 4. The van der Waals surface area contributed by atoms with Gasteiger partial charge in [-0.3, -0.25) is 9.69 Å². The molecule has 2 saturated heterocycles. The highest BCUT2D eigenvalue weighted by Crippen LogP contribution is 2.40. The number of amides is 1. The minimum atomic E-state index is 0.175. The number of fused-ring (bicyclic) bond motifs is 1. The Balaban J connectivity index is 1.32. The molecule has 0 radical (unpaired) electrons. The number of aromatic nitrogens is 2. The Morgan fingerprint density at radius 1 is 1.26 bits per heavy atom. The molecule has 0 saturated carbocycles. The van der Waals surface area contributed by atoms with Crippen LogP contribution < -0.4 is 4.74 Å². The molecule has 3 aliphatic heterocycles. The summed E-state index contributed by atoms with van der Waals surface area (Å²) in [4.78, 5) is 25.5. The summed E-state index contributed by atoms with van der Waals surface area (Å²) in [7, 11) is 0. The number of hydrogen-bond donors (Lipinski definition) is 0. The molecule has 4 heterocycles. The molecule has 1 spiro atoms. The fourth-order valence-electron chi connectivity index (χ4n) is 4.90. The van der Waals surface area contributed by atoms with Crippen molar-refractivity contribution in [2.45, 2.75) is 52.1 Å². The van der Waals surface area contributed by atoms with Crippen LogP contribution in [0.25, 0.3) is 0 Å². The number of aryl methyl sites for hydroxylation is 2. The van der Waals surface area contributed by atoms with Gasteiger partial charge in [0.15, 0.2) is 0 Å². The molecule has 2 fully saturated rings. The van der Waals surface area contributed by atoms with Crippen LogP contribution in [0.5, 0.6) is 5.88 Å². The lowest BCUT2D eigenvalue weighted by atomic mass is 9.72. The third kappa shape index (κ3) is 3.72. The molecule has 6 nitrogen and oxygen atoms in total. The molecule has 0 bridgehead atoms. The Morgan fingerprint density at radius 3 is 2.78 bits per heavy atom. The number of likely N-dealkylation sites (tertiary alicyclic amines) is 2. The van der Waals surface area contributed by atoms with Crippen LogP contribution in [0.15, 0.2) is 12.7 Å². The van der Waals surface area contributed by atoms with Gasteiger partial charge in [0.25, 0.3) is 0 Å². The largest absolute Gasteiger partial charge is 0.472 e. The second-order valence-corrected chi connectivity index (χ2v) is 8.45. The van der Waals surface area contributed by atoms with E-state index in [1.54, 1.807) is 0 Å². The fourth-order valence-corrected chi connectivity index (χ4v) is 4.90. The topological polar surface area (TPSA) is 58.6 Å². The van der Waals surface area contributed by atoms with Crippen molar-refractivity contribution in [3.63, 3.8) is 0 Å². The zero-order valence-electron chi connectivity index (χ0n) is 16.5. The molecule has 1 aromatic heterocycles. The van der Waals surface area contributed by atoms with Crippen LogP contribution in [0.4, 0.5) is 0 Å². The molecule has 1 aromatic rings. The monoisotopic (exact) mass is 370 g/mol. The lowest BCUT2D eigenvalue weighted by Crippen LogP contribution is -2.52. The van der Waals surface area contributed by atoms with Gasteiger partial charge in [0, 0.05) is 43.7 Å². The van der Waals surface area contributed by atoms with E-state index in [1.165, 1.54) is 5.56 Å². The van der Waals surface area contributed by atoms with Crippen LogP contribution >= 0.6 is 0 Å². The van der Waals surface area contributed by atoms with Crippen LogP contribution in [0.2, 0.25) is 0 Å². The zero-order valence-corrected chi connectivity index (χ0v) is 16.5. The minimum Gasteiger partial charge on any atom is -0.472 e. The van der Waals surface area contributed by atoms with Gasteiger partial charge in [-0.1, -0.05) is 6.08 Å². The normalized spacial score (nSPS) is 24.7. The first-order valence-electron chi connectivity index (χ1n) is 10.1. The molecular formula is C21H30N4O2. The SMILES string of the molecule is C=CCN1CC2(CCC1=O)CCN(C[C@H]1Cc3c(C)nc(C)nc3O1)CC2. The van der Waals surface area contributed by atoms with Crippen molar-refractivity contribution in [2.24, 2.45) is 5.41 Å². The van der Waals surface area contributed by atoms with Gasteiger partial charge in [0.2, 0.25) is 11.8 Å². The third-order valence-electron chi connectivity index (χ3n) is 6.47. The summed E-state index contributed by atoms with van der Waals surface area (Å²) >= 11 is 0. The van der Waals surface area contributed by atoms with E-state index in [0.717, 1.165) is 69.3 Å². The number of rotatable bonds is 4. The molecule has 27 heavy (non-hydrogen) atoms. The number of carbonyl (C=O) groups is 1. The first-order chi connectivity index (χ1) is 13.0. The molecule has 0 aliphatic carbocycles. The maximum absolute atomic E-state index is 12.1. The zero-order chi connectivity index (χ0) is 19.0. The predicted octanol–water partition coefficient (Wildman–Crippen LogP) is 2.29. The standard InChI is InChI=1S/C21H30N4O2/c1-4-9-25-14-21(6-5-19(25)26)7-10-24(11-8-21)13-17-12-18-15(2)22-16(3)23-20(18)27-17/h4,17H,1,5-14H2,2-3H3/t17-/m1/s1. The second kappa shape index (κ2) is 7.23. The Morgan fingerprint density at radius 2 is 2.04 bits per heavy atom. The molecule has 6 heteroatoms. The molecular weight excluding hydrogens is 340 g/mol. The molecule has 1 amide bonds. The number of carbonyl (C=O) groups excluding carboxylic acids is 1. The number of hydrogen-bond acceptors (Lipinski definition) is 5. The molecule has 3 aliphatic rings. The summed E-state index contributed by atoms with van der Waals surface area (Å²) in [6, 6.07) is 0. The van der Waals surface area contributed by atoms with Gasteiger partial charge >= 0.3 is 0 Å². The fraction of sp³-hybridized carbons (Fsp3) is 0.667. The first kappa shape index (κ1) is 18.4. The van der Waals surface area contributed by atoms with Crippen molar-refractivity contribution >= 4 is 5.91 Å². The first-order valence-corrected chi connectivity index (χ1v) is 10.1. The Labute approximate surface area is 161 Å². The van der Waals surface area contributed by atoms with E-state index >= 15 is 0 Å². The van der Waals surface area contributed by atoms with E-state index in [2.05, 4.69) is 21.4 Å². The molecule has 0 aromatic carbocycles. The van der Waals surface area contributed by atoms with Crippen LogP contribution in [0.1, 0.15) is 42.8 Å². The maximum Gasteiger partial charge on any atom is 0.222 e. The molecule has 1 atom stereocenters. The second-order valence-electron chi connectivity index (χ2n) is 8.45. The smallest absolute Gasteiger partial charge is 0.222 e. The Hall–Kier alpha value is -1.95. The quantitative estimate of drug-likeness (QED) is 0.761. The van der Waals surface area contributed by atoms with E-state index in [1.807, 2.05) is 24.8 Å². The van der Waals surface area contributed by atoms with E-state index in [-0.39, 0.29) is 12.0 Å². The third-order valence-corrected chi connectivity index (χ3v) is 6.47. The van der Waals surface area contributed by atoms with Crippen LogP contribution in [-0.2, 0) is 11.2 Å². The van der Waals surface area contributed by atoms with Gasteiger partial charge in [0.1, 0.15) is 11.9 Å². The van der Waals surface area contributed by atoms with Crippen LogP contribution in [-0.4, -0.2) is 64.5 Å². The van der Waals surface area contributed by atoms with Crippen molar-refractivity contribution in [1.82, 2.24) is 19.8 Å². The summed E-state index contributed by atoms with van der Waals surface area (Å²) in [5.41, 5.74) is 2.52.